The summed E-state index contributed by atoms with van der Waals surface area (Å²) in [6, 6.07) is 6.11. The lowest BCUT2D eigenvalue weighted by Crippen LogP contribution is -2.52. The maximum atomic E-state index is 14.6. The lowest BCUT2D eigenvalue weighted by atomic mass is 9.81. The molecule has 10 nitrogen and oxygen atoms in total. The molecule has 2 aromatic rings. The predicted molar refractivity (Wildman–Crippen MR) is 141 cm³/mol. The average Bonchev–Trinajstić information content (AvgIpc) is 3.29. The Labute approximate surface area is 233 Å². The third kappa shape index (κ3) is 2.49. The number of nitrogens with one attached hydrogen (secondary N) is 2. The molecule has 6 fully saturated rings. The molecule has 3 aliphatic heterocycles. The van der Waals surface area contributed by atoms with E-state index < -0.39 is 20.0 Å². The number of aliphatic hydroxyl groups is 1. The number of carbonyl (C=O) groups is 1. The lowest BCUT2D eigenvalue weighted by molar-refractivity contribution is -0.787. The predicted octanol–water partition coefficient (Wildman–Crippen LogP) is 2.08. The Bertz CT molecular complexity index is 1890. The molecule has 3 N–H and O–H groups in total. The van der Waals surface area contributed by atoms with Crippen LogP contribution in [0.25, 0.3) is 0 Å². The van der Waals surface area contributed by atoms with Gasteiger partial charge >= 0.3 is 5.91 Å². The molecule has 10 rings (SSSR count). The van der Waals surface area contributed by atoms with Crippen LogP contribution in [-0.4, -0.2) is 56.0 Å². The molecule has 1 aromatic heterocycles. The first kappa shape index (κ1) is 24.0. The van der Waals surface area contributed by atoms with Crippen LogP contribution in [0.1, 0.15) is 17.5 Å². The molecule has 6 bridgehead atoms. The summed E-state index contributed by atoms with van der Waals surface area (Å²) in [6.07, 6.45) is 2.06. The number of amides is 1. The minimum Gasteiger partial charge on any atom is -0.511 e. The van der Waals surface area contributed by atoms with Gasteiger partial charge in [0, 0.05) is 29.5 Å². The van der Waals surface area contributed by atoms with Crippen LogP contribution in [0.2, 0.25) is 0 Å². The number of fused-ring (bicyclic) bond motifs is 1. The number of rotatable bonds is 6. The van der Waals surface area contributed by atoms with Crippen LogP contribution >= 0.6 is 11.3 Å². The van der Waals surface area contributed by atoms with E-state index in [4.69, 9.17) is 0 Å². The lowest BCUT2D eigenvalue weighted by Gasteiger charge is -2.36. The summed E-state index contributed by atoms with van der Waals surface area (Å²) >= 11 is 1.07. The first-order valence-corrected chi connectivity index (χ1v) is 17.4. The van der Waals surface area contributed by atoms with E-state index >= 15 is 0 Å². The highest BCUT2D eigenvalue weighted by Crippen LogP contribution is 2.94. The molecule has 1 aromatic carbocycles. The molecular formula is C26H24FN4O6S3+. The number of amidine groups is 1. The normalized spacial score (nSPS) is 41.9. The summed E-state index contributed by atoms with van der Waals surface area (Å²) in [6.45, 7) is 0.141. The Kier molecular flexibility index (Phi) is 4.12. The minimum atomic E-state index is -4.31. The summed E-state index contributed by atoms with van der Waals surface area (Å²) in [5.41, 5.74) is 0.742. The number of benzene rings is 1. The van der Waals surface area contributed by atoms with Crippen molar-refractivity contribution in [1.29, 1.82) is 0 Å². The zero-order valence-corrected chi connectivity index (χ0v) is 23.5. The number of hydrogen-bond donors (Lipinski definition) is 3. The van der Waals surface area contributed by atoms with Gasteiger partial charge in [-0.1, -0.05) is 12.1 Å². The van der Waals surface area contributed by atoms with E-state index in [0.717, 1.165) is 29.6 Å². The van der Waals surface area contributed by atoms with Gasteiger partial charge in [0.1, 0.15) is 28.0 Å². The van der Waals surface area contributed by atoms with Crippen LogP contribution in [-0.2, 0) is 37.9 Å². The van der Waals surface area contributed by atoms with E-state index in [1.165, 1.54) is 17.5 Å². The van der Waals surface area contributed by atoms with Gasteiger partial charge in [-0.3, -0.25) is 0 Å². The van der Waals surface area contributed by atoms with Crippen molar-refractivity contribution in [3.63, 3.8) is 0 Å². The van der Waals surface area contributed by atoms with Crippen molar-refractivity contribution in [2.75, 3.05) is 11.6 Å². The molecule has 8 aliphatic rings. The molecule has 40 heavy (non-hydrogen) atoms. The number of aliphatic hydroxyl groups excluding tert-OH is 1. The van der Waals surface area contributed by atoms with Crippen molar-refractivity contribution in [1.82, 2.24) is 4.72 Å². The van der Waals surface area contributed by atoms with E-state index in [1.54, 1.807) is 12.1 Å². The molecule has 9 atom stereocenters. The topological polar surface area (TPSA) is 142 Å². The number of carbonyl (C=O) groups excluding carboxylic acids is 1. The molecule has 14 heteroatoms. The van der Waals surface area contributed by atoms with Crippen molar-refractivity contribution in [3.8, 4) is 0 Å². The highest BCUT2D eigenvalue weighted by molar-refractivity contribution is 7.91. The molecule has 0 radical (unpaired) electrons. The summed E-state index contributed by atoms with van der Waals surface area (Å²) in [4.78, 5) is 14.5. The number of nitrogens with zero attached hydrogens (tertiary/aromatic N) is 2. The Balaban J connectivity index is 1.15. The fourth-order valence-corrected chi connectivity index (χ4v) is 13.2. The maximum absolute atomic E-state index is 14.6. The van der Waals surface area contributed by atoms with E-state index in [9.17, 15) is 31.1 Å². The van der Waals surface area contributed by atoms with Gasteiger partial charge in [0.05, 0.1) is 12.2 Å². The largest absolute Gasteiger partial charge is 0.511 e. The van der Waals surface area contributed by atoms with Gasteiger partial charge in [-0.25, -0.2) is 26.8 Å². The van der Waals surface area contributed by atoms with Crippen LogP contribution in [0, 0.1) is 41.3 Å². The molecule has 1 saturated heterocycles. The molecule has 5 saturated carbocycles. The van der Waals surface area contributed by atoms with E-state index in [2.05, 4.69) is 14.4 Å². The summed E-state index contributed by atoms with van der Waals surface area (Å²) < 4.78 is 70.1. The zero-order valence-electron chi connectivity index (χ0n) is 21.0. The van der Waals surface area contributed by atoms with Crippen LogP contribution in [0.5, 0.6) is 0 Å². The Morgan fingerprint density at radius 2 is 2.02 bits per heavy atom. The van der Waals surface area contributed by atoms with Gasteiger partial charge < -0.3 is 10.4 Å². The molecular weight excluding hydrogens is 580 g/mol. The van der Waals surface area contributed by atoms with Crippen molar-refractivity contribution >= 4 is 48.1 Å². The Morgan fingerprint density at radius 1 is 1.27 bits per heavy atom. The SMILES string of the molecule is CS(=O)(=O)NCc1csc2c1S(=O)(=O)N=C(C1=C(O)C3C4C5C6CC4C4(C65)C3[N+]4(Cc3ccc(F)cc3)C1=O)N2. The molecule has 9 unspecified atom stereocenters. The van der Waals surface area contributed by atoms with Crippen molar-refractivity contribution in [3.05, 3.63) is 57.9 Å². The number of hydrogen-bond acceptors (Lipinski definition) is 8. The second-order valence-corrected chi connectivity index (χ2v) is 16.6. The monoisotopic (exact) mass is 603 g/mol. The average molecular weight is 604 g/mol. The third-order valence-corrected chi connectivity index (χ3v) is 14.0. The second-order valence-electron chi connectivity index (χ2n) is 12.3. The first-order chi connectivity index (χ1) is 18.9. The highest BCUT2D eigenvalue weighted by Gasteiger charge is 3.07. The van der Waals surface area contributed by atoms with Crippen LogP contribution in [0.4, 0.5) is 9.39 Å². The fraction of sp³-hybridized carbons (Fsp3) is 0.462. The fourth-order valence-electron chi connectivity index (χ4n) is 10.1. The summed E-state index contributed by atoms with van der Waals surface area (Å²) in [5.74, 6) is 0.987. The molecule has 5 aliphatic carbocycles. The third-order valence-electron chi connectivity index (χ3n) is 10.9. The maximum Gasteiger partial charge on any atom is 0.354 e. The van der Waals surface area contributed by atoms with E-state index in [0.29, 0.717) is 30.2 Å². The van der Waals surface area contributed by atoms with Gasteiger partial charge in [0.15, 0.2) is 23.0 Å². The van der Waals surface area contributed by atoms with Gasteiger partial charge in [-0.2, -0.15) is 8.42 Å². The van der Waals surface area contributed by atoms with Gasteiger partial charge in [-0.05, 0) is 41.7 Å². The standard InChI is InChI=1S/C26H23FN4O6S3/c1-39(34,35)28-7-11-9-38-24-21(11)40(36,37)30-23(29-24)18-20(32)17-16-14-6-13-15(16)19(13)26(14)22(17)31(26,25(18)33)8-10-2-4-12(27)5-3-10/h2-5,9,13-17,19,22,28H,6-8H2,1H3,(H-,29,30,32,33)/p+1. The first-order valence-electron chi connectivity index (χ1n) is 13.2. The number of halogens is 1. The van der Waals surface area contributed by atoms with Crippen molar-refractivity contribution < 1.29 is 35.6 Å². The number of sulfonamides is 2. The second kappa shape index (κ2) is 6.86. The van der Waals surface area contributed by atoms with Crippen molar-refractivity contribution in [2.45, 2.75) is 36.0 Å². The zero-order chi connectivity index (χ0) is 27.7. The van der Waals surface area contributed by atoms with Gasteiger partial charge in [0.25, 0.3) is 10.0 Å². The van der Waals surface area contributed by atoms with Crippen molar-refractivity contribution in [2.24, 2.45) is 39.9 Å². The number of piperidine rings is 1. The quantitative estimate of drug-likeness (QED) is 0.339. The summed E-state index contributed by atoms with van der Waals surface area (Å²) in [5, 5.41) is 16.4. The number of quaternary nitrogens is 1. The summed E-state index contributed by atoms with van der Waals surface area (Å²) in [7, 11) is -7.87. The number of thiophene rings is 1. The van der Waals surface area contributed by atoms with E-state index in [1.807, 2.05) is 0 Å². The molecule has 1 amide bonds. The Morgan fingerprint density at radius 3 is 2.73 bits per heavy atom. The Hall–Kier alpha value is -2.65. The molecule has 208 valence electrons. The minimum absolute atomic E-state index is 0.0516. The van der Waals surface area contributed by atoms with E-state index in [-0.39, 0.29) is 78.8 Å². The van der Waals surface area contributed by atoms with Gasteiger partial charge in [-0.15, -0.1) is 15.7 Å². The molecule has 1 spiro atoms. The van der Waals surface area contributed by atoms with Crippen LogP contribution < -0.4 is 10.0 Å². The number of anilines is 1. The molecule has 4 heterocycles. The highest BCUT2D eigenvalue weighted by atomic mass is 32.2. The van der Waals surface area contributed by atoms with Crippen LogP contribution in [0.15, 0.2) is 50.3 Å². The van der Waals surface area contributed by atoms with Crippen LogP contribution in [0.3, 0.4) is 0 Å². The van der Waals surface area contributed by atoms with Gasteiger partial charge in [0.2, 0.25) is 10.0 Å². The smallest absolute Gasteiger partial charge is 0.354 e.